The zero-order valence-corrected chi connectivity index (χ0v) is 21.3. The van der Waals surface area contributed by atoms with Gasteiger partial charge in [0.2, 0.25) is 0 Å². The van der Waals surface area contributed by atoms with Gasteiger partial charge in [-0.1, -0.05) is 63.6 Å². The molecule has 3 heterocycles. The number of halogens is 2. The van der Waals surface area contributed by atoms with Gasteiger partial charge in [-0.25, -0.2) is 0 Å². The number of carbonyl (C=O) groups is 1. The lowest BCUT2D eigenvalue weighted by atomic mass is 10.2. The van der Waals surface area contributed by atoms with Crippen molar-refractivity contribution in [3.63, 3.8) is 0 Å². The lowest BCUT2D eigenvalue weighted by molar-refractivity contribution is -0.113. The third-order valence-corrected chi connectivity index (χ3v) is 7.50. The highest BCUT2D eigenvalue weighted by Crippen LogP contribution is 2.39. The number of benzene rings is 2. The van der Waals surface area contributed by atoms with E-state index in [4.69, 9.17) is 33.0 Å². The summed E-state index contributed by atoms with van der Waals surface area (Å²) < 4.78 is 12.8. The molecule has 1 aromatic heterocycles. The van der Waals surface area contributed by atoms with Gasteiger partial charge in [0.05, 0.1) is 34.5 Å². The molecule has 2 aliphatic heterocycles. The van der Waals surface area contributed by atoms with Crippen LogP contribution in [0.15, 0.2) is 68.4 Å². The summed E-state index contributed by atoms with van der Waals surface area (Å²) in [5, 5.41) is 0.581. The van der Waals surface area contributed by atoms with Crippen molar-refractivity contribution in [1.82, 2.24) is 0 Å². The van der Waals surface area contributed by atoms with Crippen molar-refractivity contribution in [2.24, 2.45) is 0 Å². The number of ether oxygens (including phenoxy) is 1. The monoisotopic (exact) mass is 560 g/mol. The number of furan rings is 1. The molecule has 2 aromatic carbocycles. The Balaban J connectivity index is 1.36. The van der Waals surface area contributed by atoms with Crippen molar-refractivity contribution in [1.29, 1.82) is 0 Å². The molecule has 9 heteroatoms. The first-order valence-corrected chi connectivity index (χ1v) is 12.7. The van der Waals surface area contributed by atoms with E-state index in [2.05, 4.69) is 20.8 Å². The summed E-state index contributed by atoms with van der Waals surface area (Å²) in [6, 6.07) is 17.2. The molecule has 0 saturated carbocycles. The van der Waals surface area contributed by atoms with E-state index in [0.717, 1.165) is 34.6 Å². The lowest BCUT2D eigenvalue weighted by Gasteiger charge is -2.30. The quantitative estimate of drug-likeness (QED) is 0.264. The molecule has 0 N–H and O–H groups in total. The van der Waals surface area contributed by atoms with Crippen LogP contribution in [0.1, 0.15) is 5.76 Å². The van der Waals surface area contributed by atoms with Crippen molar-refractivity contribution < 1.29 is 13.9 Å². The van der Waals surface area contributed by atoms with Crippen LogP contribution in [0.5, 0.6) is 0 Å². The summed E-state index contributed by atoms with van der Waals surface area (Å²) in [5.74, 6) is 1.13. The number of nitrogens with zero attached hydrogens (tertiary/aromatic N) is 2. The van der Waals surface area contributed by atoms with Crippen molar-refractivity contribution in [2.75, 3.05) is 36.1 Å². The number of hydrogen-bond donors (Lipinski definition) is 0. The van der Waals surface area contributed by atoms with Gasteiger partial charge in [-0.05, 0) is 42.5 Å². The SMILES string of the molecule is O=C1/C(=C\c2ccc(-c3ccc(Br)cc3)o2)SC(=S)N1c1ccc(N2CCOCC2)c(Cl)c1. The van der Waals surface area contributed by atoms with Gasteiger partial charge in [0.1, 0.15) is 11.5 Å². The number of morpholine rings is 1. The van der Waals surface area contributed by atoms with Crippen LogP contribution >= 0.6 is 51.5 Å². The van der Waals surface area contributed by atoms with E-state index in [1.54, 1.807) is 12.1 Å². The van der Waals surface area contributed by atoms with Crippen LogP contribution in [0, 0.1) is 0 Å². The molecular weight excluding hydrogens is 544 g/mol. The minimum absolute atomic E-state index is 0.193. The lowest BCUT2D eigenvalue weighted by Crippen LogP contribution is -2.36. The average molecular weight is 562 g/mol. The Morgan fingerprint density at radius 1 is 1.06 bits per heavy atom. The fourth-order valence-corrected chi connectivity index (χ4v) is 5.55. The normalized spacial score (nSPS) is 17.9. The fourth-order valence-electron chi connectivity index (χ4n) is 3.71. The number of hydrogen-bond acceptors (Lipinski definition) is 6. The molecule has 33 heavy (non-hydrogen) atoms. The van der Waals surface area contributed by atoms with Crippen LogP contribution in [0.2, 0.25) is 5.02 Å². The van der Waals surface area contributed by atoms with E-state index in [0.29, 0.717) is 38.9 Å². The second kappa shape index (κ2) is 9.64. The van der Waals surface area contributed by atoms with Gasteiger partial charge < -0.3 is 14.1 Å². The van der Waals surface area contributed by atoms with E-state index in [1.165, 1.54) is 16.7 Å². The Labute approximate surface area is 214 Å². The van der Waals surface area contributed by atoms with Crippen LogP contribution in [-0.2, 0) is 9.53 Å². The first kappa shape index (κ1) is 22.7. The fraction of sp³-hybridized carbons (Fsp3) is 0.167. The number of anilines is 2. The van der Waals surface area contributed by atoms with E-state index >= 15 is 0 Å². The molecule has 2 fully saturated rings. The highest BCUT2D eigenvalue weighted by molar-refractivity contribution is 9.10. The summed E-state index contributed by atoms with van der Waals surface area (Å²) in [6.07, 6.45) is 1.73. The van der Waals surface area contributed by atoms with E-state index in [-0.39, 0.29) is 5.91 Å². The first-order chi connectivity index (χ1) is 16.0. The summed E-state index contributed by atoms with van der Waals surface area (Å²) in [4.78, 5) is 17.4. The largest absolute Gasteiger partial charge is 0.457 e. The number of carbonyl (C=O) groups excluding carboxylic acids is 1. The molecule has 0 atom stereocenters. The van der Waals surface area contributed by atoms with Gasteiger partial charge >= 0.3 is 0 Å². The highest BCUT2D eigenvalue weighted by Gasteiger charge is 2.34. The van der Waals surface area contributed by atoms with Gasteiger partial charge in [0.15, 0.2) is 4.32 Å². The third kappa shape index (κ3) is 4.76. The van der Waals surface area contributed by atoms with Crippen LogP contribution in [0.4, 0.5) is 11.4 Å². The van der Waals surface area contributed by atoms with Gasteiger partial charge in [-0.3, -0.25) is 9.69 Å². The Morgan fingerprint density at radius 3 is 2.55 bits per heavy atom. The van der Waals surface area contributed by atoms with Crippen LogP contribution in [0.3, 0.4) is 0 Å². The smallest absolute Gasteiger partial charge is 0.270 e. The third-order valence-electron chi connectivity index (χ3n) is 5.36. The van der Waals surface area contributed by atoms with Crippen LogP contribution in [-0.4, -0.2) is 36.5 Å². The predicted octanol–water partition coefficient (Wildman–Crippen LogP) is 6.60. The number of thiocarbonyl (C=S) groups is 1. The molecule has 5 nitrogen and oxygen atoms in total. The molecule has 0 spiro atoms. The molecule has 1 amide bonds. The van der Waals surface area contributed by atoms with Crippen molar-refractivity contribution >= 4 is 79.2 Å². The van der Waals surface area contributed by atoms with Crippen LogP contribution < -0.4 is 9.80 Å². The second-order valence-electron chi connectivity index (χ2n) is 7.46. The molecular formula is C24H18BrClN2O3S2. The minimum Gasteiger partial charge on any atom is -0.457 e. The molecule has 0 radical (unpaired) electrons. The Hall–Kier alpha value is -2.10. The minimum atomic E-state index is -0.193. The van der Waals surface area contributed by atoms with E-state index in [1.807, 2.05) is 48.5 Å². The zero-order chi connectivity index (χ0) is 22.9. The second-order valence-corrected chi connectivity index (χ2v) is 10.5. The summed E-state index contributed by atoms with van der Waals surface area (Å²) in [5.41, 5.74) is 2.54. The Bertz CT molecular complexity index is 1250. The van der Waals surface area contributed by atoms with Crippen molar-refractivity contribution in [3.05, 3.63) is 74.8 Å². The van der Waals surface area contributed by atoms with Gasteiger partial charge in [0.25, 0.3) is 5.91 Å². The summed E-state index contributed by atoms with van der Waals surface area (Å²) in [7, 11) is 0. The molecule has 3 aromatic rings. The number of amides is 1. The zero-order valence-electron chi connectivity index (χ0n) is 17.3. The molecule has 2 aliphatic rings. The van der Waals surface area contributed by atoms with Gasteiger partial charge in [0, 0.05) is 29.2 Å². The first-order valence-electron chi connectivity index (χ1n) is 10.3. The van der Waals surface area contributed by atoms with Gasteiger partial charge in [-0.15, -0.1) is 0 Å². The Morgan fingerprint density at radius 2 is 1.82 bits per heavy atom. The summed E-state index contributed by atoms with van der Waals surface area (Å²) in [6.45, 7) is 2.92. The van der Waals surface area contributed by atoms with Gasteiger partial charge in [-0.2, -0.15) is 0 Å². The van der Waals surface area contributed by atoms with E-state index < -0.39 is 0 Å². The van der Waals surface area contributed by atoms with Crippen molar-refractivity contribution in [2.45, 2.75) is 0 Å². The number of thioether (sulfide) groups is 1. The summed E-state index contributed by atoms with van der Waals surface area (Å²) >= 11 is 16.8. The molecule has 0 bridgehead atoms. The number of rotatable bonds is 4. The van der Waals surface area contributed by atoms with Crippen LogP contribution in [0.25, 0.3) is 17.4 Å². The highest BCUT2D eigenvalue weighted by atomic mass is 79.9. The molecule has 0 unspecified atom stereocenters. The Kier molecular flexibility index (Phi) is 6.62. The molecule has 0 aliphatic carbocycles. The molecule has 2 saturated heterocycles. The van der Waals surface area contributed by atoms with Crippen molar-refractivity contribution in [3.8, 4) is 11.3 Å². The maximum atomic E-state index is 13.2. The molecule has 168 valence electrons. The molecule has 5 rings (SSSR count). The topological polar surface area (TPSA) is 45.9 Å². The maximum Gasteiger partial charge on any atom is 0.270 e. The maximum absolute atomic E-state index is 13.2. The standard InChI is InChI=1S/C24H18BrClN2O3S2/c25-16-3-1-15(2-4-16)21-8-6-18(31-21)14-22-23(29)28(24(32)33-22)17-5-7-20(19(26)13-17)27-9-11-30-12-10-27/h1-8,13-14H,9-12H2/b22-14+. The van der Waals surface area contributed by atoms with E-state index in [9.17, 15) is 4.79 Å². The average Bonchev–Trinajstić information content (AvgIpc) is 3.39. The predicted molar refractivity (Wildman–Crippen MR) is 142 cm³/mol.